The Morgan fingerprint density at radius 1 is 1.35 bits per heavy atom. The lowest BCUT2D eigenvalue weighted by atomic mass is 10.1. The zero-order valence-electron chi connectivity index (χ0n) is 11.0. The molecule has 0 spiro atoms. The molecule has 3 rings (SSSR count). The van der Waals surface area contributed by atoms with Crippen LogP contribution in [0.2, 0.25) is 0 Å². The van der Waals surface area contributed by atoms with Gasteiger partial charge in [0.05, 0.1) is 11.6 Å². The molecule has 20 heavy (non-hydrogen) atoms. The topological polar surface area (TPSA) is 59.0 Å². The lowest BCUT2D eigenvalue weighted by Gasteiger charge is -2.10. The van der Waals surface area contributed by atoms with Crippen molar-refractivity contribution in [1.82, 2.24) is 15.1 Å². The Balaban J connectivity index is 0.00000147. The first kappa shape index (κ1) is 14.6. The van der Waals surface area contributed by atoms with Crippen LogP contribution in [0.3, 0.4) is 0 Å². The summed E-state index contributed by atoms with van der Waals surface area (Å²) in [5, 5.41) is 10.3. The van der Waals surface area contributed by atoms with E-state index < -0.39 is 0 Å². The quantitative estimate of drug-likeness (QED) is 0.907. The molecule has 0 radical (unpaired) electrons. The molecule has 0 saturated carbocycles. The van der Waals surface area contributed by atoms with Gasteiger partial charge in [-0.25, -0.2) is 4.68 Å². The second-order valence-corrected chi connectivity index (χ2v) is 4.68. The molecule has 1 atom stereocenters. The number of benzene rings is 1. The van der Waals surface area contributed by atoms with Crippen LogP contribution in [-0.2, 0) is 4.79 Å². The van der Waals surface area contributed by atoms with Crippen LogP contribution in [0, 0.1) is 5.92 Å². The summed E-state index contributed by atoms with van der Waals surface area (Å²) in [6.45, 7) is 1.70. The first-order chi connectivity index (χ1) is 9.33. The standard InChI is InChI=1S/C14H16N4O.ClH/c19-14(11-6-8-15-10-11)17-12-2-4-13(5-3-12)18-9-1-7-16-18;/h1-5,7,9,11,15H,6,8,10H2,(H,17,19);1H. The highest BCUT2D eigenvalue weighted by atomic mass is 35.5. The van der Waals surface area contributed by atoms with Crippen LogP contribution in [0.25, 0.3) is 5.69 Å². The number of anilines is 1. The largest absolute Gasteiger partial charge is 0.326 e. The maximum absolute atomic E-state index is 12.0. The van der Waals surface area contributed by atoms with Gasteiger partial charge in [0.25, 0.3) is 0 Å². The minimum absolute atomic E-state index is 0. The fraction of sp³-hybridized carbons (Fsp3) is 0.286. The van der Waals surface area contributed by atoms with Crippen molar-refractivity contribution < 1.29 is 4.79 Å². The fourth-order valence-electron chi connectivity index (χ4n) is 2.24. The lowest BCUT2D eigenvalue weighted by molar-refractivity contribution is -0.119. The molecule has 106 valence electrons. The molecule has 1 amide bonds. The second kappa shape index (κ2) is 6.54. The molecule has 1 saturated heterocycles. The Bertz CT molecular complexity index is 547. The molecule has 0 bridgehead atoms. The normalized spacial score (nSPS) is 17.5. The molecule has 0 aliphatic carbocycles. The van der Waals surface area contributed by atoms with Crippen molar-refractivity contribution in [2.24, 2.45) is 5.92 Å². The van der Waals surface area contributed by atoms with E-state index >= 15 is 0 Å². The van der Waals surface area contributed by atoms with Crippen molar-refractivity contribution in [1.29, 1.82) is 0 Å². The van der Waals surface area contributed by atoms with Crippen molar-refractivity contribution in [2.75, 3.05) is 18.4 Å². The van der Waals surface area contributed by atoms with E-state index in [0.29, 0.717) is 0 Å². The van der Waals surface area contributed by atoms with Gasteiger partial charge in [0, 0.05) is 24.6 Å². The Kier molecular flexibility index (Phi) is 4.76. The summed E-state index contributed by atoms with van der Waals surface area (Å²) in [5.41, 5.74) is 1.80. The molecule has 1 fully saturated rings. The smallest absolute Gasteiger partial charge is 0.228 e. The fourth-order valence-corrected chi connectivity index (χ4v) is 2.24. The van der Waals surface area contributed by atoms with Crippen LogP contribution in [-0.4, -0.2) is 28.8 Å². The maximum Gasteiger partial charge on any atom is 0.228 e. The van der Waals surface area contributed by atoms with E-state index in [1.807, 2.05) is 36.5 Å². The summed E-state index contributed by atoms with van der Waals surface area (Å²) in [6, 6.07) is 9.56. The van der Waals surface area contributed by atoms with Gasteiger partial charge in [0.1, 0.15) is 0 Å². The van der Waals surface area contributed by atoms with E-state index in [2.05, 4.69) is 15.7 Å². The Morgan fingerprint density at radius 2 is 2.15 bits per heavy atom. The molecule has 5 nitrogen and oxygen atoms in total. The molecular weight excluding hydrogens is 276 g/mol. The molecule has 6 heteroatoms. The first-order valence-electron chi connectivity index (χ1n) is 6.44. The van der Waals surface area contributed by atoms with Crippen molar-refractivity contribution in [3.8, 4) is 5.69 Å². The predicted octanol–water partition coefficient (Wildman–Crippen LogP) is 1.84. The number of nitrogens with zero attached hydrogens (tertiary/aromatic N) is 2. The van der Waals surface area contributed by atoms with Gasteiger partial charge >= 0.3 is 0 Å². The molecule has 2 aromatic rings. The zero-order chi connectivity index (χ0) is 13.1. The van der Waals surface area contributed by atoms with Gasteiger partial charge in [-0.2, -0.15) is 5.10 Å². The van der Waals surface area contributed by atoms with E-state index in [-0.39, 0.29) is 24.2 Å². The van der Waals surface area contributed by atoms with Gasteiger partial charge in [0.15, 0.2) is 0 Å². The third-order valence-electron chi connectivity index (χ3n) is 3.33. The highest BCUT2D eigenvalue weighted by Gasteiger charge is 2.22. The molecule has 1 aromatic heterocycles. The zero-order valence-corrected chi connectivity index (χ0v) is 11.8. The van der Waals surface area contributed by atoms with Crippen molar-refractivity contribution in [3.05, 3.63) is 42.7 Å². The van der Waals surface area contributed by atoms with Crippen LogP contribution < -0.4 is 10.6 Å². The van der Waals surface area contributed by atoms with Crippen LogP contribution >= 0.6 is 12.4 Å². The van der Waals surface area contributed by atoms with Gasteiger partial charge in [-0.05, 0) is 43.3 Å². The summed E-state index contributed by atoms with van der Waals surface area (Å²) >= 11 is 0. The minimum atomic E-state index is 0. The number of amides is 1. The summed E-state index contributed by atoms with van der Waals surface area (Å²) in [4.78, 5) is 12.0. The van der Waals surface area contributed by atoms with E-state index in [1.54, 1.807) is 10.9 Å². The maximum atomic E-state index is 12.0. The highest BCUT2D eigenvalue weighted by Crippen LogP contribution is 2.15. The number of carbonyl (C=O) groups is 1. The van der Waals surface area contributed by atoms with E-state index in [1.165, 1.54) is 0 Å². The summed E-state index contributed by atoms with van der Waals surface area (Å²) in [7, 11) is 0. The van der Waals surface area contributed by atoms with Crippen LogP contribution in [0.1, 0.15) is 6.42 Å². The van der Waals surface area contributed by atoms with E-state index in [0.717, 1.165) is 30.9 Å². The summed E-state index contributed by atoms with van der Waals surface area (Å²) in [6.07, 6.45) is 4.54. The lowest BCUT2D eigenvalue weighted by Crippen LogP contribution is -2.24. The Hall–Kier alpha value is -1.85. The molecule has 1 aromatic carbocycles. The molecule has 1 aliphatic heterocycles. The van der Waals surface area contributed by atoms with E-state index in [4.69, 9.17) is 0 Å². The number of rotatable bonds is 3. The van der Waals surface area contributed by atoms with Crippen molar-refractivity contribution in [3.63, 3.8) is 0 Å². The third kappa shape index (κ3) is 3.18. The average molecular weight is 293 g/mol. The van der Waals surface area contributed by atoms with Crippen molar-refractivity contribution in [2.45, 2.75) is 6.42 Å². The number of hydrogen-bond donors (Lipinski definition) is 2. The number of hydrogen-bond acceptors (Lipinski definition) is 3. The minimum Gasteiger partial charge on any atom is -0.326 e. The van der Waals surface area contributed by atoms with Gasteiger partial charge < -0.3 is 10.6 Å². The number of aromatic nitrogens is 2. The number of carbonyl (C=O) groups excluding carboxylic acids is 1. The van der Waals surface area contributed by atoms with Gasteiger partial charge in [-0.1, -0.05) is 0 Å². The third-order valence-corrected chi connectivity index (χ3v) is 3.33. The SMILES string of the molecule is Cl.O=C(Nc1ccc(-n2cccn2)cc1)C1CCNC1. The second-order valence-electron chi connectivity index (χ2n) is 4.68. The van der Waals surface area contributed by atoms with Crippen LogP contribution in [0.5, 0.6) is 0 Å². The van der Waals surface area contributed by atoms with E-state index in [9.17, 15) is 4.79 Å². The van der Waals surface area contributed by atoms with Gasteiger partial charge in [-0.3, -0.25) is 4.79 Å². The van der Waals surface area contributed by atoms with Gasteiger partial charge in [-0.15, -0.1) is 12.4 Å². The molecule has 1 aliphatic rings. The Labute approximate surface area is 123 Å². The van der Waals surface area contributed by atoms with Crippen LogP contribution in [0.15, 0.2) is 42.7 Å². The van der Waals surface area contributed by atoms with Crippen LogP contribution in [0.4, 0.5) is 5.69 Å². The Morgan fingerprint density at radius 3 is 2.75 bits per heavy atom. The summed E-state index contributed by atoms with van der Waals surface area (Å²) in [5.74, 6) is 0.183. The molecular formula is C14H17ClN4O. The highest BCUT2D eigenvalue weighted by molar-refractivity contribution is 5.92. The monoisotopic (exact) mass is 292 g/mol. The average Bonchev–Trinajstić information content (AvgIpc) is 3.13. The van der Waals surface area contributed by atoms with Crippen molar-refractivity contribution >= 4 is 24.0 Å². The first-order valence-corrected chi connectivity index (χ1v) is 6.44. The predicted molar refractivity (Wildman–Crippen MR) is 80.4 cm³/mol. The number of nitrogens with one attached hydrogen (secondary N) is 2. The molecule has 1 unspecified atom stereocenters. The molecule has 2 heterocycles. The molecule has 2 N–H and O–H groups in total. The van der Waals surface area contributed by atoms with Gasteiger partial charge in [0.2, 0.25) is 5.91 Å². The number of halogens is 1. The summed E-state index contributed by atoms with van der Waals surface area (Å²) < 4.78 is 1.78.